The Labute approximate surface area is 334 Å². The Balaban J connectivity index is 1.02. The molecule has 10 rings (SSSR count). The number of benzene rings is 7. The van der Waals surface area contributed by atoms with Crippen molar-refractivity contribution in [1.82, 2.24) is 15.0 Å². The highest BCUT2D eigenvalue weighted by atomic mass is 15.0. The first-order chi connectivity index (χ1) is 27.9. The summed E-state index contributed by atoms with van der Waals surface area (Å²) in [5.41, 5.74) is 9.83. The lowest BCUT2D eigenvalue weighted by Crippen LogP contribution is -2.42. The zero-order chi connectivity index (χ0) is 38.5. The van der Waals surface area contributed by atoms with Crippen LogP contribution in [0.15, 0.2) is 152 Å². The van der Waals surface area contributed by atoms with E-state index in [-0.39, 0.29) is 5.41 Å². The van der Waals surface area contributed by atoms with Crippen LogP contribution in [-0.4, -0.2) is 15.0 Å². The van der Waals surface area contributed by atoms with E-state index in [9.17, 15) is 5.26 Å². The molecule has 4 atom stereocenters. The van der Waals surface area contributed by atoms with Crippen LogP contribution in [0.25, 0.3) is 78.0 Å². The molecule has 4 heteroatoms. The van der Waals surface area contributed by atoms with E-state index in [2.05, 4.69) is 141 Å². The molecule has 1 aromatic heterocycles. The Hall–Kier alpha value is -6.44. The molecule has 7 aromatic carbocycles. The van der Waals surface area contributed by atoms with E-state index in [0.29, 0.717) is 23.0 Å². The molecule has 4 nitrogen and oxygen atoms in total. The zero-order valence-electron chi connectivity index (χ0n) is 32.5. The summed E-state index contributed by atoms with van der Waals surface area (Å²) in [4.78, 5) is 15.3. The Morgan fingerprint density at radius 2 is 0.947 bits per heavy atom. The molecular formula is C53H44N4. The third kappa shape index (κ3) is 6.58. The number of fused-ring (bicyclic) bond motifs is 5. The summed E-state index contributed by atoms with van der Waals surface area (Å²) in [7, 11) is 0. The van der Waals surface area contributed by atoms with Gasteiger partial charge < -0.3 is 0 Å². The molecule has 276 valence electrons. The molecule has 1 unspecified atom stereocenters. The van der Waals surface area contributed by atoms with Crippen molar-refractivity contribution in [1.29, 1.82) is 5.26 Å². The second kappa shape index (κ2) is 14.3. The SMILES string of the molecule is C[C@@H]1C[C@@H]2C[C@H](C)CC(c3ccc(-c4nc(-c5ccc(-c6ccccc6)cc5)nc(-c5ccc(-c6ccc7c(c6)cc(C#N)c6ccccc67)cc5)n4)cc3)(C1)C2. The van der Waals surface area contributed by atoms with Gasteiger partial charge >= 0.3 is 0 Å². The van der Waals surface area contributed by atoms with E-state index >= 15 is 0 Å². The fraction of sp³-hybridized carbons (Fsp3) is 0.208. The van der Waals surface area contributed by atoms with Gasteiger partial charge in [-0.05, 0) is 111 Å². The summed E-state index contributed by atoms with van der Waals surface area (Å²) in [6.07, 6.45) is 6.61. The zero-order valence-corrected chi connectivity index (χ0v) is 32.5. The van der Waals surface area contributed by atoms with Gasteiger partial charge in [-0.1, -0.05) is 153 Å². The molecule has 0 spiro atoms. The molecule has 2 fully saturated rings. The Kier molecular flexibility index (Phi) is 8.75. The fourth-order valence-electron chi connectivity index (χ4n) is 10.4. The molecule has 0 saturated heterocycles. The minimum absolute atomic E-state index is 0.271. The third-order valence-corrected chi connectivity index (χ3v) is 12.7. The Morgan fingerprint density at radius 1 is 0.474 bits per heavy atom. The molecule has 2 bridgehead atoms. The minimum atomic E-state index is 0.271. The monoisotopic (exact) mass is 736 g/mol. The molecule has 0 radical (unpaired) electrons. The van der Waals surface area contributed by atoms with Gasteiger partial charge in [0.1, 0.15) is 0 Å². The van der Waals surface area contributed by atoms with Crippen LogP contribution < -0.4 is 0 Å². The van der Waals surface area contributed by atoms with Gasteiger partial charge in [-0.2, -0.15) is 5.26 Å². The lowest BCUT2D eigenvalue weighted by atomic mass is 9.54. The molecule has 2 aliphatic rings. The van der Waals surface area contributed by atoms with Crippen LogP contribution in [0.1, 0.15) is 57.1 Å². The maximum Gasteiger partial charge on any atom is 0.164 e. The second-order valence-electron chi connectivity index (χ2n) is 16.9. The predicted molar refractivity (Wildman–Crippen MR) is 233 cm³/mol. The van der Waals surface area contributed by atoms with Crippen molar-refractivity contribution in [2.75, 3.05) is 0 Å². The number of nitriles is 1. The fourth-order valence-corrected chi connectivity index (χ4v) is 10.4. The maximum absolute atomic E-state index is 9.91. The summed E-state index contributed by atoms with van der Waals surface area (Å²) < 4.78 is 0. The highest BCUT2D eigenvalue weighted by Crippen LogP contribution is 2.54. The maximum atomic E-state index is 9.91. The highest BCUT2D eigenvalue weighted by molar-refractivity contribution is 6.10. The van der Waals surface area contributed by atoms with E-state index in [4.69, 9.17) is 15.0 Å². The Bertz CT molecular complexity index is 2780. The van der Waals surface area contributed by atoms with Gasteiger partial charge in [0.25, 0.3) is 0 Å². The summed E-state index contributed by atoms with van der Waals surface area (Å²) >= 11 is 0. The molecule has 57 heavy (non-hydrogen) atoms. The Morgan fingerprint density at radius 3 is 1.53 bits per heavy atom. The van der Waals surface area contributed by atoms with Gasteiger partial charge in [0.2, 0.25) is 0 Å². The van der Waals surface area contributed by atoms with E-state index in [1.807, 2.05) is 30.3 Å². The average Bonchev–Trinajstić information content (AvgIpc) is 3.25. The summed E-state index contributed by atoms with van der Waals surface area (Å²) in [6.45, 7) is 4.90. The molecule has 8 aromatic rings. The van der Waals surface area contributed by atoms with E-state index in [0.717, 1.165) is 72.7 Å². The second-order valence-corrected chi connectivity index (χ2v) is 16.9. The van der Waals surface area contributed by atoms with E-state index < -0.39 is 0 Å². The van der Waals surface area contributed by atoms with Crippen LogP contribution >= 0.6 is 0 Å². The van der Waals surface area contributed by atoms with Gasteiger partial charge in [-0.3, -0.25) is 0 Å². The molecule has 0 aliphatic heterocycles. The van der Waals surface area contributed by atoms with Crippen molar-refractivity contribution in [3.63, 3.8) is 0 Å². The highest BCUT2D eigenvalue weighted by Gasteiger charge is 2.45. The van der Waals surface area contributed by atoms with Crippen LogP contribution in [0.2, 0.25) is 0 Å². The molecule has 0 amide bonds. The summed E-state index contributed by atoms with van der Waals surface area (Å²) in [5, 5.41) is 14.2. The van der Waals surface area contributed by atoms with Crippen LogP contribution in [0, 0.1) is 29.1 Å². The number of rotatable bonds is 6. The molecule has 0 N–H and O–H groups in total. The smallest absolute Gasteiger partial charge is 0.164 e. The quantitative estimate of drug-likeness (QED) is 0.159. The first kappa shape index (κ1) is 35.0. The third-order valence-electron chi connectivity index (χ3n) is 12.7. The number of hydrogen-bond acceptors (Lipinski definition) is 4. The van der Waals surface area contributed by atoms with E-state index in [1.54, 1.807) is 0 Å². The number of aromatic nitrogens is 3. The topological polar surface area (TPSA) is 62.5 Å². The van der Waals surface area contributed by atoms with Crippen LogP contribution in [-0.2, 0) is 5.41 Å². The van der Waals surface area contributed by atoms with Crippen molar-refractivity contribution in [3.8, 4) is 62.5 Å². The predicted octanol–water partition coefficient (Wildman–Crippen LogP) is 13.5. The normalized spacial score (nSPS) is 20.3. The van der Waals surface area contributed by atoms with Gasteiger partial charge in [0.15, 0.2) is 17.5 Å². The lowest BCUT2D eigenvalue weighted by molar-refractivity contribution is 0.0780. The summed E-state index contributed by atoms with van der Waals surface area (Å²) in [6, 6.07) is 55.7. The van der Waals surface area contributed by atoms with Crippen molar-refractivity contribution in [2.45, 2.75) is 51.4 Å². The standard InChI is InChI=1S/C53H44N4/c1-34-26-36-27-35(2)31-53(30-34,32-36)46-23-20-42(21-24-46)52-56-50(40-16-12-38(13-17-40)37-8-4-3-5-9-37)55-51(57-52)41-18-14-39(15-19-41)43-22-25-48-44(28-43)29-45(33-54)47-10-6-7-11-49(47)48/h3-25,28-29,34-36H,26-27,30-32H2,1-2H3/t34-,35+,36-,53?. The average molecular weight is 737 g/mol. The van der Waals surface area contributed by atoms with Crippen molar-refractivity contribution >= 4 is 21.5 Å². The first-order valence-electron chi connectivity index (χ1n) is 20.4. The van der Waals surface area contributed by atoms with Crippen molar-refractivity contribution < 1.29 is 0 Å². The van der Waals surface area contributed by atoms with Crippen molar-refractivity contribution in [2.24, 2.45) is 17.8 Å². The van der Waals surface area contributed by atoms with Gasteiger partial charge in [-0.15, -0.1) is 0 Å². The minimum Gasteiger partial charge on any atom is -0.208 e. The van der Waals surface area contributed by atoms with Crippen LogP contribution in [0.3, 0.4) is 0 Å². The van der Waals surface area contributed by atoms with Gasteiger partial charge in [0.05, 0.1) is 11.6 Å². The lowest BCUT2D eigenvalue weighted by Gasteiger charge is -2.50. The largest absolute Gasteiger partial charge is 0.208 e. The van der Waals surface area contributed by atoms with Crippen molar-refractivity contribution in [3.05, 3.63) is 163 Å². The number of hydrogen-bond donors (Lipinski definition) is 0. The molecule has 2 saturated carbocycles. The summed E-state index contributed by atoms with van der Waals surface area (Å²) in [5.74, 6) is 4.34. The van der Waals surface area contributed by atoms with Crippen LogP contribution in [0.4, 0.5) is 0 Å². The first-order valence-corrected chi connectivity index (χ1v) is 20.4. The number of nitrogens with zero attached hydrogens (tertiary/aromatic N) is 4. The van der Waals surface area contributed by atoms with Gasteiger partial charge in [0, 0.05) is 22.1 Å². The van der Waals surface area contributed by atoms with E-state index in [1.165, 1.54) is 43.2 Å². The molecule has 2 aliphatic carbocycles. The van der Waals surface area contributed by atoms with Crippen LogP contribution in [0.5, 0.6) is 0 Å². The van der Waals surface area contributed by atoms with Gasteiger partial charge in [-0.25, -0.2) is 15.0 Å². The molecule has 1 heterocycles. The molecular weight excluding hydrogens is 693 g/mol.